The highest BCUT2D eigenvalue weighted by molar-refractivity contribution is 5.62. The minimum Gasteiger partial charge on any atom is -0.0696 e. The van der Waals surface area contributed by atoms with E-state index in [1.807, 2.05) is 30.3 Å². The molecule has 1 aliphatic carbocycles. The Kier molecular flexibility index (Phi) is 3.99. The Morgan fingerprint density at radius 1 is 0.750 bits per heavy atom. The van der Waals surface area contributed by atoms with Crippen LogP contribution >= 0.6 is 0 Å². The lowest BCUT2D eigenvalue weighted by Gasteiger charge is -2.01. The molecule has 1 saturated carbocycles. The topological polar surface area (TPSA) is 0 Å². The number of hydrogen-bond acceptors (Lipinski definition) is 0. The number of allylic oxidation sites excluding steroid dienone is 1. The van der Waals surface area contributed by atoms with E-state index in [-0.39, 0.29) is 0 Å². The molecule has 0 atom stereocenters. The first kappa shape index (κ1) is 12.8. The van der Waals surface area contributed by atoms with Gasteiger partial charge in [0.15, 0.2) is 0 Å². The highest BCUT2D eigenvalue weighted by Gasteiger charge is 2.07. The fraction of sp³-hybridized carbons (Fsp3) is 0.200. The van der Waals surface area contributed by atoms with Crippen LogP contribution in [-0.4, -0.2) is 0 Å². The summed E-state index contributed by atoms with van der Waals surface area (Å²) in [6, 6.07) is 18.6. The molecule has 2 aromatic rings. The van der Waals surface area contributed by atoms with Gasteiger partial charge in [0, 0.05) is 11.1 Å². The maximum Gasteiger partial charge on any atom is 0.0321 e. The SMILES string of the molecule is C(#Cc1ccccc1C=C1CCCC1)c1ccccc1. The summed E-state index contributed by atoms with van der Waals surface area (Å²) in [6.45, 7) is 0. The molecule has 0 N–H and O–H groups in total. The number of rotatable bonds is 1. The Balaban J connectivity index is 1.91. The standard InChI is InChI=1S/C20H18/c1-2-8-17(9-3-1)14-15-19-12-6-7-13-20(19)16-18-10-4-5-11-18/h1-3,6-9,12-13,16H,4-5,10-11H2. The van der Waals surface area contributed by atoms with Gasteiger partial charge in [-0.2, -0.15) is 0 Å². The van der Waals surface area contributed by atoms with Crippen LogP contribution in [0.4, 0.5) is 0 Å². The van der Waals surface area contributed by atoms with Crippen molar-refractivity contribution >= 4 is 6.08 Å². The second-order valence-corrected chi connectivity index (χ2v) is 5.21. The highest BCUT2D eigenvalue weighted by Crippen LogP contribution is 2.26. The third-order valence-corrected chi connectivity index (χ3v) is 3.68. The lowest BCUT2D eigenvalue weighted by Crippen LogP contribution is -1.83. The summed E-state index contributed by atoms with van der Waals surface area (Å²) in [5, 5.41) is 0. The first-order chi connectivity index (χ1) is 9.92. The van der Waals surface area contributed by atoms with Gasteiger partial charge in [-0.1, -0.05) is 59.9 Å². The van der Waals surface area contributed by atoms with Gasteiger partial charge in [0.1, 0.15) is 0 Å². The van der Waals surface area contributed by atoms with E-state index >= 15 is 0 Å². The van der Waals surface area contributed by atoms with Crippen molar-refractivity contribution in [1.82, 2.24) is 0 Å². The third kappa shape index (κ3) is 3.19. The van der Waals surface area contributed by atoms with Gasteiger partial charge < -0.3 is 0 Å². The summed E-state index contributed by atoms with van der Waals surface area (Å²) in [6.07, 6.45) is 7.51. The maximum atomic E-state index is 3.31. The largest absolute Gasteiger partial charge is 0.0696 e. The van der Waals surface area contributed by atoms with Crippen LogP contribution in [0.1, 0.15) is 42.4 Å². The molecule has 0 bridgehead atoms. The lowest BCUT2D eigenvalue weighted by atomic mass is 10.0. The molecular formula is C20H18. The molecular weight excluding hydrogens is 240 g/mol. The molecule has 0 saturated heterocycles. The molecule has 3 rings (SSSR count). The van der Waals surface area contributed by atoms with E-state index in [2.05, 4.69) is 42.2 Å². The lowest BCUT2D eigenvalue weighted by molar-refractivity contribution is 0.886. The average Bonchev–Trinajstić information content (AvgIpc) is 3.00. The fourth-order valence-corrected chi connectivity index (χ4v) is 2.59. The van der Waals surface area contributed by atoms with Gasteiger partial charge in [-0.05, 0) is 49.4 Å². The summed E-state index contributed by atoms with van der Waals surface area (Å²) in [5.41, 5.74) is 5.01. The van der Waals surface area contributed by atoms with Crippen LogP contribution in [0, 0.1) is 11.8 Å². The maximum absolute atomic E-state index is 3.31. The Morgan fingerprint density at radius 3 is 2.25 bits per heavy atom. The summed E-state index contributed by atoms with van der Waals surface area (Å²) in [7, 11) is 0. The van der Waals surface area contributed by atoms with Crippen molar-refractivity contribution < 1.29 is 0 Å². The van der Waals surface area contributed by atoms with E-state index in [0.717, 1.165) is 11.1 Å². The van der Waals surface area contributed by atoms with E-state index in [0.29, 0.717) is 0 Å². The van der Waals surface area contributed by atoms with E-state index in [9.17, 15) is 0 Å². The molecule has 0 amide bonds. The second-order valence-electron chi connectivity index (χ2n) is 5.21. The van der Waals surface area contributed by atoms with Gasteiger partial charge in [0.2, 0.25) is 0 Å². The van der Waals surface area contributed by atoms with E-state index in [1.54, 1.807) is 5.57 Å². The zero-order valence-corrected chi connectivity index (χ0v) is 11.6. The highest BCUT2D eigenvalue weighted by atomic mass is 14.1. The monoisotopic (exact) mass is 258 g/mol. The average molecular weight is 258 g/mol. The van der Waals surface area contributed by atoms with Gasteiger partial charge >= 0.3 is 0 Å². The van der Waals surface area contributed by atoms with E-state index < -0.39 is 0 Å². The van der Waals surface area contributed by atoms with Crippen molar-refractivity contribution in [2.75, 3.05) is 0 Å². The van der Waals surface area contributed by atoms with E-state index in [4.69, 9.17) is 0 Å². The molecule has 20 heavy (non-hydrogen) atoms. The quantitative estimate of drug-likeness (QED) is 0.628. The Bertz CT molecular complexity index is 658. The van der Waals surface area contributed by atoms with Crippen LogP contribution < -0.4 is 0 Å². The predicted octanol–water partition coefficient (Wildman–Crippen LogP) is 5.04. The first-order valence-corrected chi connectivity index (χ1v) is 7.27. The van der Waals surface area contributed by atoms with Crippen molar-refractivity contribution in [3.8, 4) is 11.8 Å². The molecule has 0 unspecified atom stereocenters. The van der Waals surface area contributed by atoms with Crippen LogP contribution in [0.2, 0.25) is 0 Å². The van der Waals surface area contributed by atoms with Crippen molar-refractivity contribution in [1.29, 1.82) is 0 Å². The zero-order chi connectivity index (χ0) is 13.6. The summed E-state index contributed by atoms with van der Waals surface area (Å²) < 4.78 is 0. The normalized spacial score (nSPS) is 13.7. The van der Waals surface area contributed by atoms with Crippen molar-refractivity contribution in [3.05, 3.63) is 76.9 Å². The Hall–Kier alpha value is -2.26. The molecule has 1 fully saturated rings. The Morgan fingerprint density at radius 2 is 1.45 bits per heavy atom. The smallest absolute Gasteiger partial charge is 0.0321 e. The fourth-order valence-electron chi connectivity index (χ4n) is 2.59. The molecule has 98 valence electrons. The molecule has 2 aromatic carbocycles. The molecule has 0 aliphatic heterocycles. The number of benzene rings is 2. The minimum atomic E-state index is 1.07. The number of hydrogen-bond donors (Lipinski definition) is 0. The Labute approximate surface area is 121 Å². The van der Waals surface area contributed by atoms with Gasteiger partial charge in [0.25, 0.3) is 0 Å². The minimum absolute atomic E-state index is 1.07. The van der Waals surface area contributed by atoms with Crippen LogP contribution in [0.15, 0.2) is 60.2 Å². The zero-order valence-electron chi connectivity index (χ0n) is 11.6. The van der Waals surface area contributed by atoms with Gasteiger partial charge in [-0.15, -0.1) is 0 Å². The summed E-state index contributed by atoms with van der Waals surface area (Å²) >= 11 is 0. The molecule has 0 aromatic heterocycles. The van der Waals surface area contributed by atoms with Crippen LogP contribution in [-0.2, 0) is 0 Å². The van der Waals surface area contributed by atoms with Crippen molar-refractivity contribution in [3.63, 3.8) is 0 Å². The van der Waals surface area contributed by atoms with Crippen LogP contribution in [0.5, 0.6) is 0 Å². The first-order valence-electron chi connectivity index (χ1n) is 7.27. The van der Waals surface area contributed by atoms with Gasteiger partial charge in [-0.3, -0.25) is 0 Å². The molecule has 0 radical (unpaired) electrons. The van der Waals surface area contributed by atoms with Gasteiger partial charge in [0.05, 0.1) is 0 Å². The van der Waals surface area contributed by atoms with Crippen LogP contribution in [0.3, 0.4) is 0 Å². The molecule has 0 nitrogen and oxygen atoms in total. The summed E-state index contributed by atoms with van der Waals surface area (Å²) in [4.78, 5) is 0. The van der Waals surface area contributed by atoms with Crippen LogP contribution in [0.25, 0.3) is 6.08 Å². The van der Waals surface area contributed by atoms with Crippen molar-refractivity contribution in [2.45, 2.75) is 25.7 Å². The molecule has 0 spiro atoms. The second kappa shape index (κ2) is 6.26. The van der Waals surface area contributed by atoms with Gasteiger partial charge in [-0.25, -0.2) is 0 Å². The summed E-state index contributed by atoms with van der Waals surface area (Å²) in [5.74, 6) is 6.56. The molecule has 0 heterocycles. The third-order valence-electron chi connectivity index (χ3n) is 3.68. The molecule has 0 heteroatoms. The molecule has 1 aliphatic rings. The van der Waals surface area contributed by atoms with E-state index in [1.165, 1.54) is 31.2 Å². The predicted molar refractivity (Wildman–Crippen MR) is 85.3 cm³/mol. The van der Waals surface area contributed by atoms with Crippen molar-refractivity contribution in [2.24, 2.45) is 0 Å².